The number of anilines is 1. The number of Topliss-reactive ketones (excluding diaryl/α,β-unsaturated/α-hetero) is 1. The van der Waals surface area contributed by atoms with Crippen molar-refractivity contribution in [1.29, 1.82) is 0 Å². The number of ketones is 1. The lowest BCUT2D eigenvalue weighted by molar-refractivity contribution is -0.132. The molecule has 3 aromatic carbocycles. The SMILES string of the molecule is COc1ccc(N2C(=O)C(=O)/C(=C(\O)c3cccc(OC)c3)C2c2cccc(OC(C)=O)c2)cc1. The highest BCUT2D eigenvalue weighted by atomic mass is 16.5. The summed E-state index contributed by atoms with van der Waals surface area (Å²) in [6.45, 7) is 1.28. The highest BCUT2D eigenvalue weighted by Crippen LogP contribution is 2.43. The molecule has 1 aliphatic heterocycles. The van der Waals surface area contributed by atoms with Crippen LogP contribution in [-0.4, -0.2) is 37.0 Å². The molecule has 1 saturated heterocycles. The largest absolute Gasteiger partial charge is 0.507 e. The number of esters is 1. The number of carbonyl (C=O) groups is 3. The molecule has 1 N–H and O–H groups in total. The van der Waals surface area contributed by atoms with Crippen LogP contribution in [0.5, 0.6) is 17.2 Å². The molecule has 1 unspecified atom stereocenters. The summed E-state index contributed by atoms with van der Waals surface area (Å²) in [5, 5.41) is 11.2. The van der Waals surface area contributed by atoms with Crippen LogP contribution >= 0.6 is 0 Å². The average molecular weight is 473 g/mol. The fourth-order valence-electron chi connectivity index (χ4n) is 4.00. The van der Waals surface area contributed by atoms with Gasteiger partial charge in [-0.2, -0.15) is 0 Å². The zero-order chi connectivity index (χ0) is 25.1. The summed E-state index contributed by atoms with van der Waals surface area (Å²) in [7, 11) is 3.01. The number of carbonyl (C=O) groups excluding carboxylic acids is 3. The van der Waals surface area contributed by atoms with Crippen LogP contribution in [0.3, 0.4) is 0 Å². The van der Waals surface area contributed by atoms with Gasteiger partial charge in [0.15, 0.2) is 0 Å². The van der Waals surface area contributed by atoms with E-state index >= 15 is 0 Å². The molecule has 4 rings (SSSR count). The van der Waals surface area contributed by atoms with Gasteiger partial charge in [-0.3, -0.25) is 19.3 Å². The number of aliphatic hydroxyl groups is 1. The molecule has 178 valence electrons. The van der Waals surface area contributed by atoms with Gasteiger partial charge in [0, 0.05) is 18.2 Å². The van der Waals surface area contributed by atoms with Gasteiger partial charge in [0.2, 0.25) is 0 Å². The number of methoxy groups -OCH3 is 2. The summed E-state index contributed by atoms with van der Waals surface area (Å²) in [5.41, 5.74) is 1.13. The van der Waals surface area contributed by atoms with E-state index in [-0.39, 0.29) is 17.1 Å². The molecule has 1 amide bonds. The van der Waals surface area contributed by atoms with E-state index in [1.54, 1.807) is 72.8 Å². The molecule has 1 heterocycles. The van der Waals surface area contributed by atoms with Crippen molar-refractivity contribution in [2.45, 2.75) is 13.0 Å². The standard InChI is InChI=1S/C27H23NO7/c1-16(29)35-22-9-4-6-17(14-22)24-23(25(30)18-7-5-8-21(15-18)34-3)26(31)27(32)28(24)19-10-12-20(33-2)13-11-19/h4-15,24,30H,1-3H3/b25-23-. The monoisotopic (exact) mass is 473 g/mol. The Morgan fingerprint density at radius 1 is 0.857 bits per heavy atom. The van der Waals surface area contributed by atoms with E-state index in [1.807, 2.05) is 0 Å². The summed E-state index contributed by atoms with van der Waals surface area (Å²) in [4.78, 5) is 39.3. The summed E-state index contributed by atoms with van der Waals surface area (Å²) >= 11 is 0. The first-order valence-corrected chi connectivity index (χ1v) is 10.7. The maximum absolute atomic E-state index is 13.3. The summed E-state index contributed by atoms with van der Waals surface area (Å²) in [6.07, 6.45) is 0. The number of amides is 1. The molecule has 0 aromatic heterocycles. The zero-order valence-corrected chi connectivity index (χ0v) is 19.3. The van der Waals surface area contributed by atoms with Crippen molar-refractivity contribution in [3.63, 3.8) is 0 Å². The summed E-state index contributed by atoms with van der Waals surface area (Å²) in [5.74, 6) is -1.20. The fraction of sp³-hybridized carbons (Fsp3) is 0.148. The Labute approximate surface area is 202 Å². The van der Waals surface area contributed by atoms with Crippen molar-refractivity contribution < 1.29 is 33.7 Å². The van der Waals surface area contributed by atoms with Crippen LogP contribution in [0.4, 0.5) is 5.69 Å². The lowest BCUT2D eigenvalue weighted by Gasteiger charge is -2.26. The Kier molecular flexibility index (Phi) is 6.55. The van der Waals surface area contributed by atoms with Crippen molar-refractivity contribution >= 4 is 29.1 Å². The van der Waals surface area contributed by atoms with Crippen LogP contribution in [0.1, 0.15) is 24.1 Å². The quantitative estimate of drug-likeness (QED) is 0.188. The number of rotatable bonds is 6. The third-order valence-corrected chi connectivity index (χ3v) is 5.57. The highest BCUT2D eigenvalue weighted by Gasteiger charge is 2.47. The van der Waals surface area contributed by atoms with Gasteiger partial charge < -0.3 is 19.3 Å². The Bertz CT molecular complexity index is 1330. The number of aliphatic hydroxyl groups excluding tert-OH is 1. The topological polar surface area (TPSA) is 102 Å². The molecule has 35 heavy (non-hydrogen) atoms. The minimum absolute atomic E-state index is 0.0981. The average Bonchev–Trinajstić information content (AvgIpc) is 3.13. The van der Waals surface area contributed by atoms with Crippen LogP contribution in [0.2, 0.25) is 0 Å². The molecule has 0 bridgehead atoms. The minimum atomic E-state index is -0.981. The number of hydrogen-bond acceptors (Lipinski definition) is 7. The molecule has 0 aliphatic carbocycles. The van der Waals surface area contributed by atoms with Gasteiger partial charge in [-0.05, 0) is 54.1 Å². The highest BCUT2D eigenvalue weighted by molar-refractivity contribution is 6.51. The predicted molar refractivity (Wildman–Crippen MR) is 129 cm³/mol. The van der Waals surface area contributed by atoms with Crippen molar-refractivity contribution in [3.05, 3.63) is 89.5 Å². The Morgan fingerprint density at radius 2 is 1.51 bits per heavy atom. The first-order chi connectivity index (χ1) is 16.8. The Morgan fingerprint density at radius 3 is 2.17 bits per heavy atom. The predicted octanol–water partition coefficient (Wildman–Crippen LogP) is 4.26. The van der Waals surface area contributed by atoms with Gasteiger partial charge in [0.25, 0.3) is 11.7 Å². The van der Waals surface area contributed by atoms with E-state index in [4.69, 9.17) is 14.2 Å². The van der Waals surface area contributed by atoms with E-state index in [2.05, 4.69) is 0 Å². The second-order valence-electron chi connectivity index (χ2n) is 7.77. The van der Waals surface area contributed by atoms with E-state index < -0.39 is 23.7 Å². The van der Waals surface area contributed by atoms with Gasteiger partial charge in [-0.25, -0.2) is 0 Å². The van der Waals surface area contributed by atoms with Crippen LogP contribution in [0.25, 0.3) is 5.76 Å². The summed E-state index contributed by atoms with van der Waals surface area (Å²) < 4.78 is 15.6. The van der Waals surface area contributed by atoms with E-state index in [9.17, 15) is 19.5 Å². The smallest absolute Gasteiger partial charge is 0.308 e. The molecule has 0 radical (unpaired) electrons. The van der Waals surface area contributed by atoms with Crippen LogP contribution in [0.15, 0.2) is 78.4 Å². The Balaban J connectivity index is 1.92. The molecule has 1 fully saturated rings. The number of hydrogen-bond donors (Lipinski definition) is 1. The molecular weight excluding hydrogens is 450 g/mol. The number of nitrogens with zero attached hydrogens (tertiary/aromatic N) is 1. The van der Waals surface area contributed by atoms with Crippen molar-refractivity contribution in [1.82, 2.24) is 0 Å². The van der Waals surface area contributed by atoms with Crippen molar-refractivity contribution in [2.75, 3.05) is 19.1 Å². The molecule has 8 nitrogen and oxygen atoms in total. The zero-order valence-electron chi connectivity index (χ0n) is 19.3. The van der Waals surface area contributed by atoms with Gasteiger partial charge >= 0.3 is 5.97 Å². The third-order valence-electron chi connectivity index (χ3n) is 5.57. The molecule has 3 aromatic rings. The maximum Gasteiger partial charge on any atom is 0.308 e. The van der Waals surface area contributed by atoms with E-state index in [1.165, 1.54) is 26.0 Å². The van der Waals surface area contributed by atoms with Crippen molar-refractivity contribution in [2.24, 2.45) is 0 Å². The lowest BCUT2D eigenvalue weighted by Crippen LogP contribution is -2.29. The van der Waals surface area contributed by atoms with Gasteiger partial charge in [0.1, 0.15) is 23.0 Å². The molecule has 1 aliphatic rings. The molecule has 8 heteroatoms. The maximum atomic E-state index is 13.3. The van der Waals surface area contributed by atoms with Crippen molar-refractivity contribution in [3.8, 4) is 17.2 Å². The van der Waals surface area contributed by atoms with Gasteiger partial charge in [-0.1, -0.05) is 24.3 Å². The van der Waals surface area contributed by atoms with E-state index in [0.29, 0.717) is 28.3 Å². The fourth-order valence-corrected chi connectivity index (χ4v) is 4.00. The third kappa shape index (κ3) is 4.59. The number of ether oxygens (including phenoxy) is 3. The first kappa shape index (κ1) is 23.6. The first-order valence-electron chi connectivity index (χ1n) is 10.7. The normalized spacial score (nSPS) is 16.8. The lowest BCUT2D eigenvalue weighted by atomic mass is 9.95. The Hall–Kier alpha value is -4.59. The van der Waals surface area contributed by atoms with Gasteiger partial charge in [-0.15, -0.1) is 0 Å². The molecule has 0 saturated carbocycles. The molecule has 1 atom stereocenters. The number of benzene rings is 3. The van der Waals surface area contributed by atoms with E-state index in [0.717, 1.165) is 0 Å². The second kappa shape index (κ2) is 9.72. The summed E-state index contributed by atoms with van der Waals surface area (Å²) in [6, 6.07) is 18.7. The van der Waals surface area contributed by atoms with Gasteiger partial charge in [0.05, 0.1) is 25.8 Å². The second-order valence-corrected chi connectivity index (χ2v) is 7.77. The minimum Gasteiger partial charge on any atom is -0.507 e. The van der Waals surface area contributed by atoms with Crippen LogP contribution < -0.4 is 19.1 Å². The van der Waals surface area contributed by atoms with Crippen LogP contribution in [0, 0.1) is 0 Å². The van der Waals surface area contributed by atoms with Crippen LogP contribution in [-0.2, 0) is 14.4 Å². The molecule has 0 spiro atoms. The molecular formula is C27H23NO7.